The Labute approximate surface area is 139 Å². The molecule has 1 atom stereocenters. The standard InChI is InChI=1S/C16H18ClN3O3/c1-10(7-15(21)22)8-18-16(23)14-9-20(19-11(14)2)13-5-3-12(17)4-6-13/h3-6,9-10H,7-8H2,1-2H3,(H,18,23)(H,21,22). The molecule has 2 aromatic rings. The van der Waals surface area contributed by atoms with Gasteiger partial charge in [0.1, 0.15) is 0 Å². The second kappa shape index (κ2) is 7.28. The molecule has 122 valence electrons. The summed E-state index contributed by atoms with van der Waals surface area (Å²) < 4.78 is 1.61. The minimum absolute atomic E-state index is 0.0172. The van der Waals surface area contributed by atoms with Gasteiger partial charge in [-0.2, -0.15) is 5.10 Å². The van der Waals surface area contributed by atoms with Crippen molar-refractivity contribution in [1.29, 1.82) is 0 Å². The molecule has 0 saturated carbocycles. The predicted octanol–water partition coefficient (Wildman–Crippen LogP) is 2.67. The van der Waals surface area contributed by atoms with Gasteiger partial charge in [-0.25, -0.2) is 4.68 Å². The number of aryl methyl sites for hydroxylation is 1. The van der Waals surface area contributed by atoms with Gasteiger partial charge in [0.25, 0.3) is 5.91 Å². The van der Waals surface area contributed by atoms with E-state index < -0.39 is 5.97 Å². The van der Waals surface area contributed by atoms with E-state index in [1.54, 1.807) is 36.9 Å². The van der Waals surface area contributed by atoms with Crippen LogP contribution in [0.2, 0.25) is 5.02 Å². The number of carbonyl (C=O) groups is 2. The van der Waals surface area contributed by atoms with Crippen molar-refractivity contribution in [3.63, 3.8) is 0 Å². The number of benzene rings is 1. The number of halogens is 1. The number of hydrogen-bond donors (Lipinski definition) is 2. The Morgan fingerprint density at radius 2 is 2.00 bits per heavy atom. The van der Waals surface area contributed by atoms with Gasteiger partial charge in [0.15, 0.2) is 0 Å². The lowest BCUT2D eigenvalue weighted by atomic mass is 10.1. The zero-order valence-corrected chi connectivity index (χ0v) is 13.7. The van der Waals surface area contributed by atoms with Crippen molar-refractivity contribution in [3.05, 3.63) is 46.7 Å². The first-order valence-electron chi connectivity index (χ1n) is 7.19. The quantitative estimate of drug-likeness (QED) is 0.850. The SMILES string of the molecule is Cc1nn(-c2ccc(Cl)cc2)cc1C(=O)NCC(C)CC(=O)O. The number of nitrogens with zero attached hydrogens (tertiary/aromatic N) is 2. The highest BCUT2D eigenvalue weighted by Crippen LogP contribution is 2.15. The van der Waals surface area contributed by atoms with Gasteiger partial charge in [0.2, 0.25) is 0 Å². The van der Waals surface area contributed by atoms with Crippen molar-refractivity contribution in [2.24, 2.45) is 5.92 Å². The van der Waals surface area contributed by atoms with Gasteiger partial charge in [0, 0.05) is 24.2 Å². The fourth-order valence-corrected chi connectivity index (χ4v) is 2.27. The van der Waals surface area contributed by atoms with Gasteiger partial charge in [-0.1, -0.05) is 18.5 Å². The van der Waals surface area contributed by atoms with Crippen LogP contribution in [0.1, 0.15) is 29.4 Å². The fourth-order valence-electron chi connectivity index (χ4n) is 2.14. The number of rotatable bonds is 6. The Balaban J connectivity index is 2.07. The minimum atomic E-state index is -0.876. The first kappa shape index (κ1) is 17.0. The summed E-state index contributed by atoms with van der Waals surface area (Å²) in [4.78, 5) is 22.8. The van der Waals surface area contributed by atoms with Crippen molar-refractivity contribution < 1.29 is 14.7 Å². The molecule has 1 amide bonds. The lowest BCUT2D eigenvalue weighted by molar-refractivity contribution is -0.137. The summed E-state index contributed by atoms with van der Waals surface area (Å²) in [7, 11) is 0. The Hall–Kier alpha value is -2.34. The zero-order chi connectivity index (χ0) is 17.0. The molecular weight excluding hydrogens is 318 g/mol. The van der Waals surface area contributed by atoms with E-state index in [2.05, 4.69) is 10.4 Å². The summed E-state index contributed by atoms with van der Waals surface area (Å²) >= 11 is 5.86. The molecule has 0 radical (unpaired) electrons. The van der Waals surface area contributed by atoms with Crippen LogP contribution in [0, 0.1) is 12.8 Å². The van der Waals surface area contributed by atoms with Crippen molar-refractivity contribution in [3.8, 4) is 5.69 Å². The highest BCUT2D eigenvalue weighted by molar-refractivity contribution is 6.30. The molecule has 0 fully saturated rings. The lowest BCUT2D eigenvalue weighted by Gasteiger charge is -2.09. The molecule has 0 aliphatic heterocycles. The summed E-state index contributed by atoms with van der Waals surface area (Å²) in [6, 6.07) is 7.12. The summed E-state index contributed by atoms with van der Waals surface area (Å²) in [5.74, 6) is -1.28. The van der Waals surface area contributed by atoms with Crippen molar-refractivity contribution >= 4 is 23.5 Å². The Morgan fingerprint density at radius 1 is 1.35 bits per heavy atom. The topological polar surface area (TPSA) is 84.2 Å². The number of carbonyl (C=O) groups excluding carboxylic acids is 1. The fraction of sp³-hybridized carbons (Fsp3) is 0.312. The van der Waals surface area contributed by atoms with Crippen LogP contribution in [0.4, 0.5) is 0 Å². The molecule has 23 heavy (non-hydrogen) atoms. The van der Waals surface area contributed by atoms with Crippen LogP contribution in [0.15, 0.2) is 30.5 Å². The molecule has 0 aliphatic rings. The number of carboxylic acids is 1. The molecule has 2 N–H and O–H groups in total. The molecule has 0 bridgehead atoms. The maximum atomic E-state index is 12.2. The summed E-state index contributed by atoms with van der Waals surface area (Å²) in [6.07, 6.45) is 1.67. The molecule has 1 unspecified atom stereocenters. The monoisotopic (exact) mass is 335 g/mol. The second-order valence-electron chi connectivity index (χ2n) is 5.46. The molecule has 0 saturated heterocycles. The van der Waals surface area contributed by atoms with E-state index in [0.29, 0.717) is 22.8 Å². The van der Waals surface area contributed by atoms with Gasteiger partial charge < -0.3 is 10.4 Å². The molecule has 1 heterocycles. The van der Waals surface area contributed by atoms with Gasteiger partial charge in [-0.3, -0.25) is 9.59 Å². The Bertz CT molecular complexity index is 710. The highest BCUT2D eigenvalue weighted by atomic mass is 35.5. The van der Waals surface area contributed by atoms with Crippen LogP contribution in [-0.4, -0.2) is 33.3 Å². The van der Waals surface area contributed by atoms with Gasteiger partial charge in [0.05, 0.1) is 16.9 Å². The van der Waals surface area contributed by atoms with Crippen LogP contribution in [0.5, 0.6) is 0 Å². The summed E-state index contributed by atoms with van der Waals surface area (Å²) in [5.41, 5.74) is 1.86. The van der Waals surface area contributed by atoms with Crippen LogP contribution in [-0.2, 0) is 4.79 Å². The second-order valence-corrected chi connectivity index (χ2v) is 5.90. The molecule has 1 aromatic carbocycles. The number of hydrogen-bond acceptors (Lipinski definition) is 3. The zero-order valence-electron chi connectivity index (χ0n) is 12.9. The van der Waals surface area contributed by atoms with E-state index in [9.17, 15) is 9.59 Å². The van der Waals surface area contributed by atoms with Crippen LogP contribution in [0.3, 0.4) is 0 Å². The number of aromatic nitrogens is 2. The van der Waals surface area contributed by atoms with E-state index in [-0.39, 0.29) is 18.2 Å². The first-order chi connectivity index (χ1) is 10.9. The molecule has 7 heteroatoms. The average Bonchev–Trinajstić information content (AvgIpc) is 2.87. The van der Waals surface area contributed by atoms with Crippen LogP contribution < -0.4 is 5.32 Å². The van der Waals surface area contributed by atoms with Crippen molar-refractivity contribution in [2.45, 2.75) is 20.3 Å². The average molecular weight is 336 g/mol. The molecule has 0 spiro atoms. The van der Waals surface area contributed by atoms with E-state index in [1.165, 1.54) is 0 Å². The molecule has 6 nitrogen and oxygen atoms in total. The number of carboxylic acid groups (broad SMARTS) is 1. The molecular formula is C16H18ClN3O3. The summed E-state index contributed by atoms with van der Waals surface area (Å²) in [5, 5.41) is 16.4. The van der Waals surface area contributed by atoms with E-state index in [1.807, 2.05) is 12.1 Å². The number of nitrogens with one attached hydrogen (secondary N) is 1. The van der Waals surface area contributed by atoms with Crippen molar-refractivity contribution in [1.82, 2.24) is 15.1 Å². The van der Waals surface area contributed by atoms with Crippen molar-refractivity contribution in [2.75, 3.05) is 6.54 Å². The van der Waals surface area contributed by atoms with Gasteiger partial charge in [-0.05, 0) is 37.1 Å². The molecule has 1 aromatic heterocycles. The third-order valence-electron chi connectivity index (χ3n) is 3.37. The molecule has 2 rings (SSSR count). The largest absolute Gasteiger partial charge is 0.481 e. The van der Waals surface area contributed by atoms with Crippen LogP contribution >= 0.6 is 11.6 Å². The van der Waals surface area contributed by atoms with Gasteiger partial charge >= 0.3 is 5.97 Å². The predicted molar refractivity (Wildman–Crippen MR) is 87.1 cm³/mol. The van der Waals surface area contributed by atoms with E-state index >= 15 is 0 Å². The highest BCUT2D eigenvalue weighted by Gasteiger charge is 2.15. The first-order valence-corrected chi connectivity index (χ1v) is 7.57. The summed E-state index contributed by atoms with van der Waals surface area (Å²) in [6.45, 7) is 3.83. The minimum Gasteiger partial charge on any atom is -0.481 e. The molecule has 0 aliphatic carbocycles. The number of amides is 1. The Kier molecular flexibility index (Phi) is 5.39. The Morgan fingerprint density at radius 3 is 2.61 bits per heavy atom. The maximum absolute atomic E-state index is 12.2. The normalized spacial score (nSPS) is 12.0. The maximum Gasteiger partial charge on any atom is 0.303 e. The third-order valence-corrected chi connectivity index (χ3v) is 3.62. The number of aliphatic carboxylic acids is 1. The third kappa shape index (κ3) is 4.56. The van der Waals surface area contributed by atoms with E-state index in [0.717, 1.165) is 5.69 Å². The smallest absolute Gasteiger partial charge is 0.303 e. The van der Waals surface area contributed by atoms with Gasteiger partial charge in [-0.15, -0.1) is 0 Å². The van der Waals surface area contributed by atoms with Crippen LogP contribution in [0.25, 0.3) is 5.69 Å². The van der Waals surface area contributed by atoms with E-state index in [4.69, 9.17) is 16.7 Å². The lowest BCUT2D eigenvalue weighted by Crippen LogP contribution is -2.29.